The van der Waals surface area contributed by atoms with Crippen molar-refractivity contribution in [3.63, 3.8) is 0 Å². The van der Waals surface area contributed by atoms with Gasteiger partial charge in [0.25, 0.3) is 5.91 Å². The number of rotatable bonds is 9. The highest BCUT2D eigenvalue weighted by Gasteiger charge is 2.48. The Kier molecular flexibility index (Phi) is 7.46. The zero-order valence-corrected chi connectivity index (χ0v) is 19.5. The minimum absolute atomic E-state index is 0.0757. The Labute approximate surface area is 193 Å². The topological polar surface area (TPSA) is 118 Å². The van der Waals surface area contributed by atoms with E-state index in [1.807, 2.05) is 31.2 Å². The van der Waals surface area contributed by atoms with Crippen LogP contribution < -0.4 is 14.8 Å². The molecule has 0 saturated heterocycles. The van der Waals surface area contributed by atoms with E-state index in [2.05, 4.69) is 10.3 Å². The summed E-state index contributed by atoms with van der Waals surface area (Å²) in [5.41, 5.74) is -0.876. The second kappa shape index (κ2) is 10.1. The van der Waals surface area contributed by atoms with Crippen LogP contribution in [-0.4, -0.2) is 45.8 Å². The minimum atomic E-state index is -1.67. The number of carbonyl (C=O) groups is 2. The lowest BCUT2D eigenvalue weighted by atomic mass is 9.77. The van der Waals surface area contributed by atoms with Crippen LogP contribution >= 0.6 is 0 Å². The third kappa shape index (κ3) is 5.21. The van der Waals surface area contributed by atoms with Gasteiger partial charge in [-0.25, -0.2) is 9.78 Å². The molecule has 0 aliphatic heterocycles. The van der Waals surface area contributed by atoms with E-state index in [-0.39, 0.29) is 17.4 Å². The van der Waals surface area contributed by atoms with Crippen molar-refractivity contribution in [2.45, 2.75) is 58.1 Å². The van der Waals surface area contributed by atoms with E-state index in [0.29, 0.717) is 5.75 Å². The highest BCUT2D eigenvalue weighted by Crippen LogP contribution is 2.38. The Bertz CT molecular complexity index is 987. The number of benzene rings is 1. The van der Waals surface area contributed by atoms with Gasteiger partial charge >= 0.3 is 5.97 Å². The van der Waals surface area contributed by atoms with Gasteiger partial charge in [-0.15, -0.1) is 0 Å². The van der Waals surface area contributed by atoms with Crippen molar-refractivity contribution in [2.75, 3.05) is 7.11 Å². The molecule has 0 bridgehead atoms. The number of hydrogen-bond acceptors (Lipinski definition) is 6. The number of carbonyl (C=O) groups excluding carboxylic acids is 1. The molecule has 0 radical (unpaired) electrons. The van der Waals surface area contributed by atoms with Crippen LogP contribution in [0.15, 0.2) is 36.5 Å². The van der Waals surface area contributed by atoms with Crippen molar-refractivity contribution in [3.05, 3.63) is 47.8 Å². The molecule has 1 fully saturated rings. The summed E-state index contributed by atoms with van der Waals surface area (Å²) in [5.74, 6) is -2.12. The maximum atomic E-state index is 13.0. The quantitative estimate of drug-likeness (QED) is 0.523. The predicted octanol–water partition coefficient (Wildman–Crippen LogP) is 3.95. The van der Waals surface area contributed by atoms with Crippen molar-refractivity contribution in [2.24, 2.45) is 11.8 Å². The minimum Gasteiger partial charge on any atom is -0.503 e. The Hall–Kier alpha value is -3.29. The number of aryl methyl sites for hydroxylation is 1. The first-order valence-electron chi connectivity index (χ1n) is 11.2. The molecule has 0 spiro atoms. The summed E-state index contributed by atoms with van der Waals surface area (Å²) in [6, 6.07) is 9.05. The van der Waals surface area contributed by atoms with E-state index in [4.69, 9.17) is 9.47 Å². The predicted molar refractivity (Wildman–Crippen MR) is 123 cm³/mol. The summed E-state index contributed by atoms with van der Waals surface area (Å²) in [7, 11) is 1.36. The Morgan fingerprint density at radius 2 is 1.82 bits per heavy atom. The van der Waals surface area contributed by atoms with E-state index in [0.717, 1.165) is 31.2 Å². The molecule has 2 aromatic rings. The highest BCUT2D eigenvalue weighted by molar-refractivity contribution is 5.98. The molecule has 3 rings (SSSR count). The summed E-state index contributed by atoms with van der Waals surface area (Å²) < 4.78 is 11.4. The monoisotopic (exact) mass is 456 g/mol. The molecular weight excluding hydrogens is 424 g/mol. The number of carboxylic acid groups (broad SMARTS) is 1. The molecular formula is C25H32N2O6. The number of amides is 1. The van der Waals surface area contributed by atoms with Crippen LogP contribution in [0, 0.1) is 18.8 Å². The number of pyridine rings is 1. The molecule has 1 aromatic carbocycles. The highest BCUT2D eigenvalue weighted by atomic mass is 16.5. The maximum absolute atomic E-state index is 13.0. The summed E-state index contributed by atoms with van der Waals surface area (Å²) >= 11 is 0. The van der Waals surface area contributed by atoms with Gasteiger partial charge in [-0.2, -0.15) is 0 Å². The van der Waals surface area contributed by atoms with Crippen LogP contribution in [0.1, 0.15) is 55.6 Å². The number of aromatic hydroxyl groups is 1. The summed E-state index contributed by atoms with van der Waals surface area (Å²) in [4.78, 5) is 29.4. The fraction of sp³-hybridized carbons (Fsp3) is 0.480. The second-order valence-corrected chi connectivity index (χ2v) is 8.90. The van der Waals surface area contributed by atoms with Crippen molar-refractivity contribution < 1.29 is 29.3 Å². The van der Waals surface area contributed by atoms with Crippen LogP contribution in [0.3, 0.4) is 0 Å². The number of hydrogen-bond donors (Lipinski definition) is 3. The van der Waals surface area contributed by atoms with Crippen molar-refractivity contribution in [1.29, 1.82) is 0 Å². The van der Waals surface area contributed by atoms with E-state index in [1.165, 1.54) is 26.3 Å². The van der Waals surface area contributed by atoms with E-state index >= 15 is 0 Å². The summed E-state index contributed by atoms with van der Waals surface area (Å²) in [5, 5.41) is 23.1. The second-order valence-electron chi connectivity index (χ2n) is 8.90. The average molecular weight is 457 g/mol. The fourth-order valence-electron chi connectivity index (χ4n) is 4.42. The average Bonchev–Trinajstić information content (AvgIpc) is 3.32. The first-order valence-corrected chi connectivity index (χ1v) is 11.2. The van der Waals surface area contributed by atoms with E-state index < -0.39 is 35.2 Å². The lowest BCUT2D eigenvalue weighted by molar-refractivity contribution is -0.148. The lowest BCUT2D eigenvalue weighted by Gasteiger charge is -2.39. The molecule has 3 atom stereocenters. The number of carboxylic acids is 1. The Morgan fingerprint density at radius 3 is 2.39 bits per heavy atom. The number of aliphatic carboxylic acids is 1. The van der Waals surface area contributed by atoms with Crippen LogP contribution in [0.5, 0.6) is 17.2 Å². The first-order chi connectivity index (χ1) is 15.7. The maximum Gasteiger partial charge on any atom is 0.329 e. The summed E-state index contributed by atoms with van der Waals surface area (Å²) in [6.07, 6.45) is 4.87. The van der Waals surface area contributed by atoms with Crippen LogP contribution in [0.2, 0.25) is 0 Å². The lowest BCUT2D eigenvalue weighted by Crippen LogP contribution is -2.61. The summed E-state index contributed by atoms with van der Waals surface area (Å²) in [6.45, 7) is 5.24. The number of ether oxygens (including phenoxy) is 2. The molecule has 8 nitrogen and oxygen atoms in total. The Balaban J connectivity index is 1.91. The van der Waals surface area contributed by atoms with Gasteiger partial charge in [-0.3, -0.25) is 4.79 Å². The fourth-order valence-corrected chi connectivity index (χ4v) is 4.42. The van der Waals surface area contributed by atoms with Gasteiger partial charge in [0.15, 0.2) is 17.2 Å². The van der Waals surface area contributed by atoms with Crippen molar-refractivity contribution in [1.82, 2.24) is 10.3 Å². The van der Waals surface area contributed by atoms with E-state index in [9.17, 15) is 19.8 Å². The van der Waals surface area contributed by atoms with Gasteiger partial charge in [0.2, 0.25) is 0 Å². The SMILES string of the molecule is COc1ccnc(C(=O)N[C@](C)(C(=O)O)[C@H](C)[C@H](Oc2ccc(C)cc2)C2CCCC2)c1O. The third-order valence-electron chi connectivity index (χ3n) is 6.70. The zero-order valence-electron chi connectivity index (χ0n) is 19.5. The van der Waals surface area contributed by atoms with Crippen molar-refractivity contribution >= 4 is 11.9 Å². The molecule has 1 saturated carbocycles. The molecule has 1 amide bonds. The van der Waals surface area contributed by atoms with Crippen LogP contribution in [-0.2, 0) is 4.79 Å². The number of nitrogens with zero attached hydrogens (tertiary/aromatic N) is 1. The first kappa shape index (κ1) is 24.4. The van der Waals surface area contributed by atoms with Crippen molar-refractivity contribution in [3.8, 4) is 17.2 Å². The third-order valence-corrected chi connectivity index (χ3v) is 6.70. The van der Waals surface area contributed by atoms with Gasteiger partial charge < -0.3 is 25.0 Å². The number of nitrogens with one attached hydrogen (secondary N) is 1. The molecule has 1 aliphatic rings. The molecule has 1 aliphatic carbocycles. The Morgan fingerprint density at radius 1 is 1.18 bits per heavy atom. The van der Waals surface area contributed by atoms with Gasteiger partial charge in [0, 0.05) is 18.2 Å². The largest absolute Gasteiger partial charge is 0.503 e. The normalized spacial score (nSPS) is 17.6. The number of aromatic nitrogens is 1. The van der Waals surface area contributed by atoms with Gasteiger partial charge in [0.05, 0.1) is 7.11 Å². The molecule has 178 valence electrons. The molecule has 8 heteroatoms. The smallest absolute Gasteiger partial charge is 0.329 e. The molecule has 1 heterocycles. The molecule has 3 N–H and O–H groups in total. The zero-order chi connectivity index (χ0) is 24.2. The van der Waals surface area contributed by atoms with Crippen LogP contribution in [0.4, 0.5) is 0 Å². The van der Waals surface area contributed by atoms with Gasteiger partial charge in [-0.1, -0.05) is 37.5 Å². The van der Waals surface area contributed by atoms with Gasteiger partial charge in [-0.05, 0) is 44.7 Å². The number of methoxy groups -OCH3 is 1. The van der Waals surface area contributed by atoms with Crippen LogP contribution in [0.25, 0.3) is 0 Å². The molecule has 1 aromatic heterocycles. The van der Waals surface area contributed by atoms with E-state index in [1.54, 1.807) is 6.92 Å². The molecule has 0 unspecified atom stereocenters. The van der Waals surface area contributed by atoms with Gasteiger partial charge in [0.1, 0.15) is 17.4 Å². The standard InChI is InChI=1S/C25H32N2O6/c1-15-9-11-18(12-10-15)33-22(17-7-5-6-8-17)16(2)25(3,24(30)31)27-23(29)20-21(28)19(32-4)13-14-26-20/h9-14,16-17,22,28H,5-8H2,1-4H3,(H,27,29)(H,30,31)/t16-,22+,25+/m1/s1. The molecule has 33 heavy (non-hydrogen) atoms.